The van der Waals surface area contributed by atoms with Crippen LogP contribution in [0.4, 0.5) is 0 Å². The van der Waals surface area contributed by atoms with Crippen molar-refractivity contribution < 1.29 is 4.79 Å². The summed E-state index contributed by atoms with van der Waals surface area (Å²) in [7, 11) is 0. The molecule has 0 saturated carbocycles. The maximum Gasteiger partial charge on any atom is 0.254 e. The minimum absolute atomic E-state index is 0.0412. The Labute approximate surface area is 127 Å². The Balaban J connectivity index is 2.09. The maximum atomic E-state index is 12.2. The first-order chi connectivity index (χ1) is 9.61. The molecule has 4 heteroatoms. The minimum Gasteiger partial charge on any atom is -0.345 e. The van der Waals surface area contributed by atoms with E-state index in [-0.39, 0.29) is 11.9 Å². The number of nitrogens with one attached hydrogen (secondary N) is 1. The first-order valence-electron chi connectivity index (χ1n) is 6.62. The number of halogens is 1. The van der Waals surface area contributed by atoms with Crippen LogP contribution in [0.2, 0.25) is 0 Å². The third kappa shape index (κ3) is 3.45. The van der Waals surface area contributed by atoms with Crippen molar-refractivity contribution in [3.8, 4) is 0 Å². The summed E-state index contributed by atoms with van der Waals surface area (Å²) >= 11 is 3.29. The number of pyridine rings is 1. The van der Waals surface area contributed by atoms with Crippen LogP contribution in [-0.4, -0.2) is 10.9 Å². The standard InChI is InChI=1S/C16H17BrN2O/c1-3-12-6-8-13(9-7-12)11(2)19-16(20)14-5-4-10-18-15(14)17/h4-11H,3H2,1-2H3,(H,19,20). The molecule has 0 saturated heterocycles. The summed E-state index contributed by atoms with van der Waals surface area (Å²) in [5, 5.41) is 2.98. The number of rotatable bonds is 4. The molecule has 0 aliphatic heterocycles. The van der Waals surface area contributed by atoms with E-state index in [1.165, 1.54) is 5.56 Å². The minimum atomic E-state index is -0.128. The first-order valence-corrected chi connectivity index (χ1v) is 7.41. The highest BCUT2D eigenvalue weighted by atomic mass is 79.9. The fraction of sp³-hybridized carbons (Fsp3) is 0.250. The second kappa shape index (κ2) is 6.66. The van der Waals surface area contributed by atoms with E-state index in [0.29, 0.717) is 10.2 Å². The Morgan fingerprint density at radius 3 is 2.60 bits per heavy atom. The fourth-order valence-electron chi connectivity index (χ4n) is 1.96. The topological polar surface area (TPSA) is 42.0 Å². The fourth-order valence-corrected chi connectivity index (χ4v) is 2.39. The zero-order valence-corrected chi connectivity index (χ0v) is 13.1. The second-order valence-corrected chi connectivity index (χ2v) is 5.38. The van der Waals surface area contributed by atoms with Crippen molar-refractivity contribution >= 4 is 21.8 Å². The van der Waals surface area contributed by atoms with Crippen LogP contribution < -0.4 is 5.32 Å². The van der Waals surface area contributed by atoms with Gasteiger partial charge in [-0.2, -0.15) is 0 Å². The molecular weight excluding hydrogens is 316 g/mol. The zero-order valence-electron chi connectivity index (χ0n) is 11.6. The van der Waals surface area contributed by atoms with Crippen molar-refractivity contribution in [3.05, 3.63) is 63.9 Å². The molecule has 0 aliphatic rings. The summed E-state index contributed by atoms with van der Waals surface area (Å²) in [5.41, 5.74) is 2.93. The molecule has 1 aromatic carbocycles. The number of aryl methyl sites for hydroxylation is 1. The molecule has 0 spiro atoms. The Morgan fingerprint density at radius 2 is 2.00 bits per heavy atom. The Bertz CT molecular complexity index is 596. The smallest absolute Gasteiger partial charge is 0.254 e. The van der Waals surface area contributed by atoms with Gasteiger partial charge in [0.15, 0.2) is 0 Å². The van der Waals surface area contributed by atoms with E-state index in [1.807, 2.05) is 6.92 Å². The molecule has 3 nitrogen and oxygen atoms in total. The SMILES string of the molecule is CCc1ccc(C(C)NC(=O)c2cccnc2Br)cc1. The lowest BCUT2D eigenvalue weighted by atomic mass is 10.0. The van der Waals surface area contributed by atoms with Crippen molar-refractivity contribution in [2.24, 2.45) is 0 Å². The van der Waals surface area contributed by atoms with E-state index < -0.39 is 0 Å². The van der Waals surface area contributed by atoms with Crippen molar-refractivity contribution in [2.75, 3.05) is 0 Å². The second-order valence-electron chi connectivity index (χ2n) is 4.63. The monoisotopic (exact) mass is 332 g/mol. The summed E-state index contributed by atoms with van der Waals surface area (Å²) in [6.45, 7) is 4.10. The lowest BCUT2D eigenvalue weighted by Crippen LogP contribution is -2.27. The zero-order chi connectivity index (χ0) is 14.5. The quantitative estimate of drug-likeness (QED) is 0.863. The van der Waals surface area contributed by atoms with Gasteiger partial charge in [0.05, 0.1) is 11.6 Å². The number of carbonyl (C=O) groups is 1. The largest absolute Gasteiger partial charge is 0.345 e. The summed E-state index contributed by atoms with van der Waals surface area (Å²) in [6, 6.07) is 11.8. The normalized spacial score (nSPS) is 11.9. The predicted molar refractivity (Wildman–Crippen MR) is 83.6 cm³/mol. The van der Waals surface area contributed by atoms with Gasteiger partial charge in [0, 0.05) is 6.20 Å². The van der Waals surface area contributed by atoms with Gasteiger partial charge in [-0.25, -0.2) is 4.98 Å². The highest BCUT2D eigenvalue weighted by molar-refractivity contribution is 9.10. The molecule has 0 fully saturated rings. The van der Waals surface area contributed by atoms with Crippen LogP contribution in [0.5, 0.6) is 0 Å². The van der Waals surface area contributed by atoms with Crippen LogP contribution in [0.1, 0.15) is 41.4 Å². The van der Waals surface area contributed by atoms with Crippen LogP contribution in [-0.2, 0) is 6.42 Å². The van der Waals surface area contributed by atoms with Crippen LogP contribution >= 0.6 is 15.9 Å². The molecule has 0 bridgehead atoms. The molecule has 1 amide bonds. The van der Waals surface area contributed by atoms with Gasteiger partial charge < -0.3 is 5.32 Å². The van der Waals surface area contributed by atoms with Crippen molar-refractivity contribution in [3.63, 3.8) is 0 Å². The number of hydrogen-bond acceptors (Lipinski definition) is 2. The van der Waals surface area contributed by atoms with Gasteiger partial charge in [-0.1, -0.05) is 31.2 Å². The van der Waals surface area contributed by atoms with Crippen LogP contribution in [0, 0.1) is 0 Å². The average molecular weight is 333 g/mol. The molecule has 104 valence electrons. The third-order valence-corrected chi connectivity index (χ3v) is 3.87. The number of carbonyl (C=O) groups excluding carboxylic acids is 1. The molecule has 1 heterocycles. The predicted octanol–water partition coefficient (Wildman–Crippen LogP) is 3.90. The van der Waals surface area contributed by atoms with Gasteiger partial charge in [0.25, 0.3) is 5.91 Å². The lowest BCUT2D eigenvalue weighted by Gasteiger charge is -2.15. The molecule has 1 aromatic heterocycles. The molecule has 20 heavy (non-hydrogen) atoms. The Kier molecular flexibility index (Phi) is 4.90. The number of amides is 1. The number of nitrogens with zero attached hydrogens (tertiary/aromatic N) is 1. The highest BCUT2D eigenvalue weighted by Crippen LogP contribution is 2.17. The summed E-state index contributed by atoms with van der Waals surface area (Å²) in [4.78, 5) is 16.2. The van der Waals surface area contributed by atoms with E-state index in [9.17, 15) is 4.79 Å². The molecule has 0 radical (unpaired) electrons. The van der Waals surface area contributed by atoms with E-state index in [2.05, 4.69) is 57.4 Å². The van der Waals surface area contributed by atoms with E-state index >= 15 is 0 Å². The summed E-state index contributed by atoms with van der Waals surface area (Å²) in [5.74, 6) is -0.128. The third-order valence-electron chi connectivity index (χ3n) is 3.24. The Hall–Kier alpha value is -1.68. The number of aromatic nitrogens is 1. The van der Waals surface area contributed by atoms with Gasteiger partial charge >= 0.3 is 0 Å². The average Bonchev–Trinajstić information content (AvgIpc) is 2.47. The summed E-state index contributed by atoms with van der Waals surface area (Å²) < 4.78 is 0.561. The molecular formula is C16H17BrN2O. The molecule has 1 unspecified atom stereocenters. The Morgan fingerprint density at radius 1 is 1.30 bits per heavy atom. The first kappa shape index (κ1) is 14.7. The van der Waals surface area contributed by atoms with Crippen LogP contribution in [0.25, 0.3) is 0 Å². The van der Waals surface area contributed by atoms with Gasteiger partial charge in [0.2, 0.25) is 0 Å². The van der Waals surface area contributed by atoms with Crippen LogP contribution in [0.15, 0.2) is 47.2 Å². The maximum absolute atomic E-state index is 12.2. The molecule has 1 atom stereocenters. The molecule has 2 aromatic rings. The van der Waals surface area contributed by atoms with Gasteiger partial charge in [-0.15, -0.1) is 0 Å². The van der Waals surface area contributed by atoms with Crippen molar-refractivity contribution in [1.82, 2.24) is 10.3 Å². The molecule has 2 rings (SSSR count). The van der Waals surface area contributed by atoms with Gasteiger partial charge in [0.1, 0.15) is 4.60 Å². The number of hydrogen-bond donors (Lipinski definition) is 1. The van der Waals surface area contributed by atoms with Crippen LogP contribution in [0.3, 0.4) is 0 Å². The molecule has 0 aliphatic carbocycles. The summed E-state index contributed by atoms with van der Waals surface area (Å²) in [6.07, 6.45) is 2.66. The van der Waals surface area contributed by atoms with Gasteiger partial charge in [-0.05, 0) is 52.5 Å². The van der Waals surface area contributed by atoms with E-state index in [4.69, 9.17) is 0 Å². The van der Waals surface area contributed by atoms with E-state index in [0.717, 1.165) is 12.0 Å². The van der Waals surface area contributed by atoms with Gasteiger partial charge in [-0.3, -0.25) is 4.79 Å². The lowest BCUT2D eigenvalue weighted by molar-refractivity contribution is 0.0938. The van der Waals surface area contributed by atoms with Crippen molar-refractivity contribution in [2.45, 2.75) is 26.3 Å². The highest BCUT2D eigenvalue weighted by Gasteiger charge is 2.14. The van der Waals surface area contributed by atoms with Crippen molar-refractivity contribution in [1.29, 1.82) is 0 Å². The number of benzene rings is 1. The van der Waals surface area contributed by atoms with E-state index in [1.54, 1.807) is 18.3 Å². The molecule has 1 N–H and O–H groups in total.